The van der Waals surface area contributed by atoms with Crippen molar-refractivity contribution in [3.63, 3.8) is 0 Å². The molecule has 9 fully saturated rings. The molecule has 0 radical (unpaired) electrons. The Morgan fingerprint density at radius 2 is 0.785 bits per heavy atom. The number of fused-ring (bicyclic) bond motifs is 6. The maximum Gasteiger partial charge on any atom is 0.419 e. The van der Waals surface area contributed by atoms with E-state index < -0.39 is 51.9 Å². The third-order valence-electron chi connectivity index (χ3n) is 31.4. The van der Waals surface area contributed by atoms with Crippen LogP contribution in [0.2, 0.25) is 5.02 Å². The van der Waals surface area contributed by atoms with Crippen LogP contribution < -0.4 is 28.9 Å². The first kappa shape index (κ1) is 93.7. The summed E-state index contributed by atoms with van der Waals surface area (Å²) in [4.78, 5) is 65.5. The van der Waals surface area contributed by atoms with E-state index in [0.717, 1.165) is 205 Å². The number of benzene rings is 6. The summed E-state index contributed by atoms with van der Waals surface area (Å²) in [5.41, 5.74) is 16.9. The van der Waals surface area contributed by atoms with Gasteiger partial charge in [-0.15, -0.1) is 0 Å². The van der Waals surface area contributed by atoms with Crippen LogP contribution in [-0.2, 0) is 108 Å². The number of halogens is 4. The minimum Gasteiger partial charge on any atom is -0.488 e. The highest BCUT2D eigenvalue weighted by Crippen LogP contribution is 2.65. The number of methoxy groups -OCH3 is 3. The van der Waals surface area contributed by atoms with Gasteiger partial charge in [-0.25, -0.2) is 15.0 Å². The lowest BCUT2D eigenvalue weighted by molar-refractivity contribution is -0.145. The highest BCUT2D eigenvalue weighted by molar-refractivity contribution is 6.32. The van der Waals surface area contributed by atoms with Gasteiger partial charge in [-0.2, -0.15) is 13.2 Å². The maximum absolute atomic E-state index is 14.4. The molecule has 0 spiro atoms. The van der Waals surface area contributed by atoms with Gasteiger partial charge in [-0.1, -0.05) is 90.0 Å². The van der Waals surface area contributed by atoms with Crippen LogP contribution in [0.5, 0.6) is 17.2 Å². The van der Waals surface area contributed by atoms with Gasteiger partial charge in [-0.3, -0.25) is 29.1 Å². The number of ether oxygens (including phenoxy) is 9. The number of alkyl halides is 3. The average Bonchev–Trinajstić information content (AvgIpc) is 1.54. The maximum atomic E-state index is 14.4. The Bertz CT molecular complexity index is 5800. The van der Waals surface area contributed by atoms with E-state index in [0.29, 0.717) is 106 Å². The minimum atomic E-state index is -4.64. The van der Waals surface area contributed by atoms with E-state index in [1.165, 1.54) is 63.2 Å². The summed E-state index contributed by atoms with van der Waals surface area (Å²) in [6.45, 7) is 23.3. The molecule has 0 unspecified atom stereocenters. The van der Waals surface area contributed by atoms with Gasteiger partial charge < -0.3 is 72.7 Å². The van der Waals surface area contributed by atoms with Crippen LogP contribution in [0.4, 0.5) is 30.6 Å². The van der Waals surface area contributed by atoms with E-state index in [9.17, 15) is 42.9 Å². The second-order valence-corrected chi connectivity index (χ2v) is 39.7. The quantitative estimate of drug-likeness (QED) is 0.0432. The number of rotatable bonds is 27. The lowest BCUT2D eigenvalue weighted by Crippen LogP contribution is -2.43. The minimum absolute atomic E-state index is 0.0249. The van der Waals surface area contributed by atoms with Gasteiger partial charge in [0, 0.05) is 155 Å². The Labute approximate surface area is 792 Å². The molecule has 6 saturated heterocycles. The first-order valence-electron chi connectivity index (χ1n) is 48.0. The molecule has 0 bridgehead atoms. The van der Waals surface area contributed by atoms with Crippen LogP contribution >= 0.6 is 11.6 Å². The molecule has 21 rings (SSSR count). The van der Waals surface area contributed by atoms with E-state index in [-0.39, 0.29) is 54.4 Å². The molecule has 3 N–H and O–H groups in total. The van der Waals surface area contributed by atoms with Gasteiger partial charge in [-0.05, 0) is 262 Å². The first-order valence-corrected chi connectivity index (χ1v) is 48.4. The molecule has 3 saturated carbocycles. The van der Waals surface area contributed by atoms with Crippen LogP contribution in [0, 0.1) is 61.7 Å². The molecular weight excluding hydrogens is 1740 g/mol. The molecular formula is C107H123ClF3N9O15. The van der Waals surface area contributed by atoms with Gasteiger partial charge in [0.15, 0.2) is 0 Å². The number of carboxylic acids is 3. The van der Waals surface area contributed by atoms with Crippen LogP contribution in [0.1, 0.15) is 136 Å². The molecule has 24 nitrogen and oxygen atoms in total. The Balaban J connectivity index is 0.000000130. The van der Waals surface area contributed by atoms with E-state index in [1.54, 1.807) is 38.5 Å². The zero-order chi connectivity index (χ0) is 93.8. The number of carbonyl (C=O) groups is 3. The Hall–Kier alpha value is -10.3. The van der Waals surface area contributed by atoms with E-state index in [1.807, 2.05) is 71.6 Å². The fraction of sp³-hybridized carbons (Fsp3) is 0.495. The first-order chi connectivity index (χ1) is 65.3. The summed E-state index contributed by atoms with van der Waals surface area (Å²) in [5, 5.41) is 30.6. The normalized spacial score (nSPS) is 24.9. The van der Waals surface area contributed by atoms with Crippen molar-refractivity contribution in [1.29, 1.82) is 0 Å². The molecule has 135 heavy (non-hydrogen) atoms. The molecule has 3 aliphatic carbocycles. The smallest absolute Gasteiger partial charge is 0.419 e. The summed E-state index contributed by atoms with van der Waals surface area (Å²) in [6, 6.07) is 47.0. The monoisotopic (exact) mass is 1870 g/mol. The lowest BCUT2D eigenvalue weighted by atomic mass is 9.91. The highest BCUT2D eigenvalue weighted by Gasteiger charge is 2.73. The number of piperidine rings is 3. The van der Waals surface area contributed by atoms with Crippen molar-refractivity contribution in [2.45, 2.75) is 187 Å². The third kappa shape index (κ3) is 18.7. The molecule has 0 amide bonds. The van der Waals surface area contributed by atoms with Crippen LogP contribution in [0.3, 0.4) is 0 Å². The van der Waals surface area contributed by atoms with Gasteiger partial charge >= 0.3 is 24.1 Å². The Morgan fingerprint density at radius 1 is 0.437 bits per heavy atom. The van der Waals surface area contributed by atoms with E-state index in [2.05, 4.69) is 94.7 Å². The van der Waals surface area contributed by atoms with Gasteiger partial charge in [0.2, 0.25) is 0 Å². The number of nitrogens with zero attached hydrogens (tertiary/aromatic N) is 9. The van der Waals surface area contributed by atoms with Crippen molar-refractivity contribution >= 4 is 47.0 Å². The second-order valence-electron chi connectivity index (χ2n) is 39.3. The average molecular weight is 1870 g/mol. The molecule has 714 valence electrons. The zero-order valence-electron chi connectivity index (χ0n) is 78.2. The molecule has 9 atom stereocenters. The topological polar surface area (TPSA) is 253 Å². The molecule has 9 aromatic rings. The van der Waals surface area contributed by atoms with Crippen LogP contribution in [-0.4, -0.2) is 219 Å². The van der Waals surface area contributed by atoms with Gasteiger partial charge in [0.25, 0.3) is 0 Å². The Kier molecular flexibility index (Phi) is 27.3. The molecule has 12 aliphatic rings. The van der Waals surface area contributed by atoms with E-state index in [4.69, 9.17) is 69.2 Å². The summed E-state index contributed by atoms with van der Waals surface area (Å²) in [6.07, 6.45) is 6.90. The number of aliphatic carboxylic acids is 3. The summed E-state index contributed by atoms with van der Waals surface area (Å²) >= 11 is 6.73. The third-order valence-corrected chi connectivity index (χ3v) is 31.7. The van der Waals surface area contributed by atoms with Crippen molar-refractivity contribution in [2.24, 2.45) is 34.0 Å². The molecule has 12 heterocycles. The predicted molar refractivity (Wildman–Crippen MR) is 508 cm³/mol. The lowest BCUT2D eigenvalue weighted by Gasteiger charge is -2.38. The van der Waals surface area contributed by atoms with Crippen molar-refractivity contribution in [3.8, 4) is 51.0 Å². The zero-order valence-corrected chi connectivity index (χ0v) is 78.9. The number of pyridine rings is 3. The number of hydrogen-bond acceptors (Lipinski definition) is 21. The molecule has 6 aromatic carbocycles. The van der Waals surface area contributed by atoms with Crippen molar-refractivity contribution in [3.05, 3.63) is 229 Å². The number of aryl methyl sites for hydroxylation is 4. The Morgan fingerprint density at radius 3 is 1.16 bits per heavy atom. The summed E-state index contributed by atoms with van der Waals surface area (Å²) < 4.78 is 95.3. The number of aromatic nitrogens is 3. The second kappa shape index (κ2) is 39.3. The highest BCUT2D eigenvalue weighted by atomic mass is 35.5. The van der Waals surface area contributed by atoms with Crippen LogP contribution in [0.25, 0.3) is 33.8 Å². The standard InChI is InChI=1S/C36H40F3N3O5.C36H43N3O5.C35H40ClN3O5/c1-22-15-23(16-24-9-12-41(19-28(22)24)26-10-13-46-14-11-26)20-47-33-27(5-3-6-29(33)36(37,38)39)30-7-4-8-32(40-30)42-18-25-17-35(25,34(43)44)31(42)21-45-2;1-23-7-8-32(44-21-25-16-24(2)30-20-38(12-9-26(30)17-25)28-10-13-43-14-11-28)29(15-23)31-5-4-6-34(37-31)39-19-27-18-36(27,35(40)41)33(39)22-42-3;1-22-15-23(16-24-9-12-38(19-28(22)24)26-10-13-43-14-11-26)20-44-33-27(5-3-6-29(33)36)30-7-4-8-32(37-30)39-18-25-17-35(25,34(40)41)31(39)21-42-2/h3-8,15-16,25-26,31H,9-14,17-21H2,1-2H3,(H,43,44);4-8,15-17,27-28,33H,9-14,18-22H2,1-3H3,(H,40,41);3-8,15-16,25-26,31H,9-14,17-21H2,1-2H3,(H,40,41)/t25-,31+,35+;27-,33+,36+;25-,31+,35+/m000/s1. The SMILES string of the molecule is COC[C@H]1N(c2cccc(-c3cc(C)ccc3OCc3cc(C)c4c(c3)CCN(C3CCOCC3)C4)n2)C[C@@H]2C[C@@]21C(=O)O.COC[C@H]1N(c2cccc(-c3cccc(C(F)(F)F)c3OCc3cc(C)c4c(c3)CCN(C3CCOCC3)C4)n2)C[C@@H]2C[C@@]21C(=O)O.COC[C@H]1N(c2cccc(-c3cccc(Cl)c3OCc3cc(C)c4c(c3)CCN(C3CCOCC3)C4)n2)C[C@@H]2C[C@@]21C(=O)O. The van der Waals surface area contributed by atoms with Crippen molar-refractivity contribution in [2.75, 3.05) is 135 Å². The number of para-hydroxylation sites is 2. The predicted octanol–water partition coefficient (Wildman–Crippen LogP) is 17.3. The number of hydrogen-bond donors (Lipinski definition) is 3. The number of carboxylic acid groups (broad SMARTS) is 3. The largest absolute Gasteiger partial charge is 0.488 e. The fourth-order valence-electron chi connectivity index (χ4n) is 23.9. The summed E-state index contributed by atoms with van der Waals surface area (Å²) in [5.74, 6) is 1.03. The van der Waals surface area contributed by atoms with Crippen molar-refractivity contribution in [1.82, 2.24) is 29.7 Å². The van der Waals surface area contributed by atoms with Gasteiger partial charge in [0.05, 0.1) is 81.9 Å². The van der Waals surface area contributed by atoms with Gasteiger partial charge in [0.1, 0.15) is 54.5 Å². The molecule has 3 aromatic heterocycles. The van der Waals surface area contributed by atoms with Crippen LogP contribution in [0.15, 0.2) is 146 Å². The fourth-order valence-corrected chi connectivity index (χ4v) is 24.1. The number of anilines is 3. The molecule has 28 heteroatoms. The molecule has 9 aliphatic heterocycles. The van der Waals surface area contributed by atoms with E-state index >= 15 is 0 Å². The summed E-state index contributed by atoms with van der Waals surface area (Å²) in [7, 11) is 4.79. The van der Waals surface area contributed by atoms with Crippen molar-refractivity contribution < 1.29 is 85.5 Å².